The second kappa shape index (κ2) is 7.63. The van der Waals surface area contributed by atoms with Gasteiger partial charge < -0.3 is 10.4 Å². The average Bonchev–Trinajstić information content (AvgIpc) is 2.96. The Morgan fingerprint density at radius 3 is 2.67 bits per heavy atom. The van der Waals surface area contributed by atoms with Crippen molar-refractivity contribution >= 4 is 22.9 Å². The third-order valence-electron chi connectivity index (χ3n) is 2.87. The Balaban J connectivity index is 2.02. The van der Waals surface area contributed by atoms with E-state index in [1.54, 1.807) is 12.1 Å². The van der Waals surface area contributed by atoms with Crippen molar-refractivity contribution in [2.45, 2.75) is 19.8 Å². The molecule has 0 aliphatic carbocycles. The Hall–Kier alpha value is -2.09. The summed E-state index contributed by atoms with van der Waals surface area (Å²) in [5.41, 5.74) is 2.06. The summed E-state index contributed by atoms with van der Waals surface area (Å²) < 4.78 is 0. The molecule has 0 saturated carbocycles. The molecule has 0 aliphatic heterocycles. The topological polar surface area (TPSA) is 49.3 Å². The molecule has 2 rings (SSSR count). The summed E-state index contributed by atoms with van der Waals surface area (Å²) in [7, 11) is 0. The van der Waals surface area contributed by atoms with Crippen molar-refractivity contribution in [1.82, 2.24) is 0 Å². The SMILES string of the molecule is CCCc1ccc(NC(=O)c2ccc(C#CCO)s2)cc1. The van der Waals surface area contributed by atoms with Gasteiger partial charge in [0.25, 0.3) is 5.91 Å². The van der Waals surface area contributed by atoms with Crippen molar-refractivity contribution in [2.75, 3.05) is 11.9 Å². The smallest absolute Gasteiger partial charge is 0.265 e. The second-order valence-corrected chi connectivity index (χ2v) is 5.61. The molecule has 1 aromatic carbocycles. The number of hydrogen-bond acceptors (Lipinski definition) is 3. The number of hydrogen-bond donors (Lipinski definition) is 2. The number of aryl methyl sites for hydroxylation is 1. The van der Waals surface area contributed by atoms with E-state index in [9.17, 15) is 4.79 Å². The number of amides is 1. The zero-order chi connectivity index (χ0) is 15.1. The first kappa shape index (κ1) is 15.3. The van der Waals surface area contributed by atoms with Crippen molar-refractivity contribution in [3.8, 4) is 11.8 Å². The maximum absolute atomic E-state index is 12.1. The zero-order valence-electron chi connectivity index (χ0n) is 11.8. The molecule has 2 aromatic rings. The molecule has 108 valence electrons. The minimum Gasteiger partial charge on any atom is -0.384 e. The molecule has 21 heavy (non-hydrogen) atoms. The summed E-state index contributed by atoms with van der Waals surface area (Å²) in [6, 6.07) is 11.4. The molecule has 0 unspecified atom stereocenters. The van der Waals surface area contributed by atoms with E-state index in [2.05, 4.69) is 24.1 Å². The molecular weight excluding hydrogens is 282 g/mol. The first-order chi connectivity index (χ1) is 10.2. The van der Waals surface area contributed by atoms with E-state index < -0.39 is 0 Å². The summed E-state index contributed by atoms with van der Waals surface area (Å²) in [4.78, 5) is 13.5. The summed E-state index contributed by atoms with van der Waals surface area (Å²) in [5, 5.41) is 11.5. The van der Waals surface area contributed by atoms with Crippen LogP contribution in [0.2, 0.25) is 0 Å². The zero-order valence-corrected chi connectivity index (χ0v) is 12.7. The molecule has 1 amide bonds. The Morgan fingerprint density at radius 2 is 2.00 bits per heavy atom. The third-order valence-corrected chi connectivity index (χ3v) is 3.87. The molecule has 1 aromatic heterocycles. The average molecular weight is 299 g/mol. The van der Waals surface area contributed by atoms with Crippen molar-refractivity contribution in [3.05, 3.63) is 51.7 Å². The fraction of sp³-hybridized carbons (Fsp3) is 0.235. The highest BCUT2D eigenvalue weighted by molar-refractivity contribution is 7.14. The van der Waals surface area contributed by atoms with E-state index in [0.717, 1.165) is 23.4 Å². The number of nitrogens with one attached hydrogen (secondary N) is 1. The monoisotopic (exact) mass is 299 g/mol. The number of benzene rings is 1. The maximum atomic E-state index is 12.1. The van der Waals surface area contributed by atoms with E-state index in [0.29, 0.717) is 4.88 Å². The van der Waals surface area contributed by atoms with Crippen LogP contribution in [0, 0.1) is 11.8 Å². The minimum atomic E-state index is -0.177. The largest absolute Gasteiger partial charge is 0.384 e. The van der Waals surface area contributed by atoms with E-state index in [-0.39, 0.29) is 12.5 Å². The fourth-order valence-corrected chi connectivity index (χ4v) is 2.67. The summed E-state index contributed by atoms with van der Waals surface area (Å²) in [5.74, 6) is 5.22. The molecule has 0 spiro atoms. The predicted octanol–water partition coefficient (Wildman–Crippen LogP) is 3.30. The molecule has 1 heterocycles. The second-order valence-electron chi connectivity index (χ2n) is 4.52. The number of rotatable bonds is 4. The first-order valence-electron chi connectivity index (χ1n) is 6.82. The number of carbonyl (C=O) groups is 1. The van der Waals surface area contributed by atoms with Crippen molar-refractivity contribution in [1.29, 1.82) is 0 Å². The quantitative estimate of drug-likeness (QED) is 0.851. The van der Waals surface area contributed by atoms with Crippen molar-refractivity contribution < 1.29 is 9.90 Å². The number of aliphatic hydroxyl groups is 1. The molecule has 2 N–H and O–H groups in total. The van der Waals surface area contributed by atoms with E-state index >= 15 is 0 Å². The van der Waals surface area contributed by atoms with Gasteiger partial charge in [-0.15, -0.1) is 11.3 Å². The van der Waals surface area contributed by atoms with Crippen LogP contribution in [0.1, 0.15) is 33.5 Å². The molecule has 0 fully saturated rings. The van der Waals surface area contributed by atoms with Gasteiger partial charge in [0.1, 0.15) is 6.61 Å². The van der Waals surface area contributed by atoms with Gasteiger partial charge in [-0.05, 0) is 36.2 Å². The minimum absolute atomic E-state index is 0.139. The van der Waals surface area contributed by atoms with Crippen LogP contribution < -0.4 is 5.32 Å². The van der Waals surface area contributed by atoms with E-state index in [4.69, 9.17) is 5.11 Å². The van der Waals surface area contributed by atoms with Gasteiger partial charge in [-0.25, -0.2) is 0 Å². The van der Waals surface area contributed by atoms with Crippen LogP contribution in [0.3, 0.4) is 0 Å². The molecule has 0 radical (unpaired) electrons. The van der Waals surface area contributed by atoms with Gasteiger partial charge in [0, 0.05) is 5.69 Å². The van der Waals surface area contributed by atoms with Gasteiger partial charge in [-0.2, -0.15) is 0 Å². The highest BCUT2D eigenvalue weighted by atomic mass is 32.1. The lowest BCUT2D eigenvalue weighted by Crippen LogP contribution is -2.09. The summed E-state index contributed by atoms with van der Waals surface area (Å²) in [6.45, 7) is 1.97. The van der Waals surface area contributed by atoms with Gasteiger partial charge in [0.05, 0.1) is 9.75 Å². The van der Waals surface area contributed by atoms with Crippen LogP contribution in [-0.2, 0) is 6.42 Å². The lowest BCUT2D eigenvalue weighted by Gasteiger charge is -2.04. The Bertz CT molecular complexity index is 662. The highest BCUT2D eigenvalue weighted by Crippen LogP contribution is 2.18. The van der Waals surface area contributed by atoms with E-state index in [1.807, 2.05) is 24.3 Å². The third kappa shape index (κ3) is 4.45. The molecule has 0 aliphatic rings. The summed E-state index contributed by atoms with van der Waals surface area (Å²) >= 11 is 1.31. The van der Waals surface area contributed by atoms with Crippen molar-refractivity contribution in [3.63, 3.8) is 0 Å². The molecule has 0 bridgehead atoms. The van der Waals surface area contributed by atoms with Crippen LogP contribution in [0.25, 0.3) is 0 Å². The first-order valence-corrected chi connectivity index (χ1v) is 7.64. The number of thiophene rings is 1. The lowest BCUT2D eigenvalue weighted by atomic mass is 10.1. The van der Waals surface area contributed by atoms with Gasteiger partial charge in [0.15, 0.2) is 0 Å². The Labute approximate surface area is 128 Å². The van der Waals surface area contributed by atoms with Gasteiger partial charge in [-0.1, -0.05) is 37.3 Å². The molecular formula is C17H17NO2S. The Morgan fingerprint density at radius 1 is 1.24 bits per heavy atom. The molecule has 0 atom stereocenters. The van der Waals surface area contributed by atoms with Gasteiger partial charge in [0.2, 0.25) is 0 Å². The molecule has 3 nitrogen and oxygen atoms in total. The predicted molar refractivity (Wildman–Crippen MR) is 86.7 cm³/mol. The summed E-state index contributed by atoms with van der Waals surface area (Å²) in [6.07, 6.45) is 2.16. The van der Waals surface area contributed by atoms with E-state index in [1.165, 1.54) is 16.9 Å². The lowest BCUT2D eigenvalue weighted by molar-refractivity contribution is 0.103. The van der Waals surface area contributed by atoms with Crippen LogP contribution >= 0.6 is 11.3 Å². The number of aliphatic hydroxyl groups excluding tert-OH is 1. The van der Waals surface area contributed by atoms with Crippen LogP contribution in [-0.4, -0.2) is 17.6 Å². The van der Waals surface area contributed by atoms with Crippen LogP contribution in [0.5, 0.6) is 0 Å². The Kier molecular flexibility index (Phi) is 5.56. The van der Waals surface area contributed by atoms with Crippen LogP contribution in [0.4, 0.5) is 5.69 Å². The number of carbonyl (C=O) groups excluding carboxylic acids is 1. The standard InChI is InChI=1S/C17H17NO2S/c1-2-4-13-6-8-14(9-7-13)18-17(20)16-11-10-15(21-16)5-3-12-19/h6-11,19H,2,4,12H2,1H3,(H,18,20). The van der Waals surface area contributed by atoms with Gasteiger partial charge in [-0.3, -0.25) is 4.79 Å². The molecule has 0 saturated heterocycles. The fourth-order valence-electron chi connectivity index (χ4n) is 1.89. The normalized spacial score (nSPS) is 9.81. The van der Waals surface area contributed by atoms with Gasteiger partial charge >= 0.3 is 0 Å². The highest BCUT2D eigenvalue weighted by Gasteiger charge is 2.08. The van der Waals surface area contributed by atoms with Crippen LogP contribution in [0.15, 0.2) is 36.4 Å². The molecule has 4 heteroatoms. The maximum Gasteiger partial charge on any atom is 0.265 e. The van der Waals surface area contributed by atoms with Crippen molar-refractivity contribution in [2.24, 2.45) is 0 Å². The number of anilines is 1.